The molecule has 1 aliphatic carbocycles. The number of furan rings is 1. The number of hydrogen-bond donors (Lipinski definition) is 2. The predicted molar refractivity (Wildman–Crippen MR) is 134 cm³/mol. The summed E-state index contributed by atoms with van der Waals surface area (Å²) in [7, 11) is 0. The number of carbonyl (C=O) groups is 3. The predicted octanol–water partition coefficient (Wildman–Crippen LogP) is 4.46. The number of rotatable bonds is 8. The van der Waals surface area contributed by atoms with Crippen LogP contribution in [0.15, 0.2) is 71.3 Å². The van der Waals surface area contributed by atoms with Gasteiger partial charge in [-0.15, -0.1) is 0 Å². The van der Waals surface area contributed by atoms with Gasteiger partial charge in [0.1, 0.15) is 6.04 Å². The Morgan fingerprint density at radius 2 is 1.69 bits per heavy atom. The summed E-state index contributed by atoms with van der Waals surface area (Å²) in [5.41, 5.74) is 3.27. The molecule has 2 aromatic carbocycles. The SMILES string of the molecule is Cc1ccc(N(C(=O)CNC(=O)c2ccco2)C(C(=O)NC2CCCC2)c2ccccc2C)cc1. The third-order valence-corrected chi connectivity index (χ3v) is 6.42. The van der Waals surface area contributed by atoms with Gasteiger partial charge in [-0.2, -0.15) is 0 Å². The summed E-state index contributed by atoms with van der Waals surface area (Å²) >= 11 is 0. The van der Waals surface area contributed by atoms with Crippen molar-refractivity contribution in [3.63, 3.8) is 0 Å². The van der Waals surface area contributed by atoms with Crippen molar-refractivity contribution in [1.82, 2.24) is 10.6 Å². The highest BCUT2D eigenvalue weighted by Crippen LogP contribution is 2.31. The van der Waals surface area contributed by atoms with Crippen LogP contribution in [0.5, 0.6) is 0 Å². The Labute approximate surface area is 205 Å². The third kappa shape index (κ3) is 5.80. The molecule has 1 fully saturated rings. The lowest BCUT2D eigenvalue weighted by atomic mass is 9.97. The molecule has 1 unspecified atom stereocenters. The van der Waals surface area contributed by atoms with Crippen LogP contribution in [0.1, 0.15) is 59.0 Å². The van der Waals surface area contributed by atoms with E-state index in [4.69, 9.17) is 4.42 Å². The van der Waals surface area contributed by atoms with Crippen LogP contribution in [0.3, 0.4) is 0 Å². The maximum absolute atomic E-state index is 13.8. The number of amides is 3. The third-order valence-electron chi connectivity index (χ3n) is 6.42. The number of benzene rings is 2. The molecule has 4 rings (SSSR count). The van der Waals surface area contributed by atoms with Crippen molar-refractivity contribution in [3.05, 3.63) is 89.4 Å². The van der Waals surface area contributed by atoms with Crippen molar-refractivity contribution in [2.75, 3.05) is 11.4 Å². The molecular weight excluding hydrogens is 442 g/mol. The van der Waals surface area contributed by atoms with Crippen LogP contribution in [-0.2, 0) is 9.59 Å². The highest BCUT2D eigenvalue weighted by molar-refractivity contribution is 6.04. The number of carbonyl (C=O) groups excluding carboxylic acids is 3. The standard InChI is InChI=1S/C28H31N3O4/c1-19-13-15-22(16-14-19)31(25(32)18-29-27(33)24-12-7-17-35-24)26(23-11-6-3-8-20(23)2)28(34)30-21-9-4-5-10-21/h3,6-8,11-17,21,26H,4-5,9-10,18H2,1-2H3,(H,29,33)(H,30,34). The average Bonchev–Trinajstić information content (AvgIpc) is 3.57. The number of nitrogens with zero attached hydrogens (tertiary/aromatic N) is 1. The van der Waals surface area contributed by atoms with Crippen molar-refractivity contribution in [2.24, 2.45) is 0 Å². The first-order chi connectivity index (χ1) is 16.9. The molecule has 0 aliphatic heterocycles. The van der Waals surface area contributed by atoms with E-state index in [1.165, 1.54) is 17.2 Å². The van der Waals surface area contributed by atoms with Gasteiger partial charge in [0.25, 0.3) is 5.91 Å². The number of nitrogens with one attached hydrogen (secondary N) is 2. The van der Waals surface area contributed by atoms with Crippen molar-refractivity contribution in [2.45, 2.75) is 51.6 Å². The molecule has 7 nitrogen and oxygen atoms in total. The zero-order valence-corrected chi connectivity index (χ0v) is 20.1. The highest BCUT2D eigenvalue weighted by atomic mass is 16.3. The summed E-state index contributed by atoms with van der Waals surface area (Å²) in [5, 5.41) is 5.80. The maximum atomic E-state index is 13.8. The van der Waals surface area contributed by atoms with E-state index >= 15 is 0 Å². The van der Waals surface area contributed by atoms with Gasteiger partial charge in [0.2, 0.25) is 11.8 Å². The van der Waals surface area contributed by atoms with Crippen molar-refractivity contribution in [1.29, 1.82) is 0 Å². The largest absolute Gasteiger partial charge is 0.459 e. The summed E-state index contributed by atoms with van der Waals surface area (Å²) < 4.78 is 5.13. The van der Waals surface area contributed by atoms with E-state index in [0.29, 0.717) is 5.69 Å². The van der Waals surface area contributed by atoms with E-state index in [2.05, 4.69) is 10.6 Å². The molecule has 7 heteroatoms. The molecule has 1 saturated carbocycles. The number of hydrogen-bond acceptors (Lipinski definition) is 4. The lowest BCUT2D eigenvalue weighted by Crippen LogP contribution is -2.49. The molecule has 3 aromatic rings. The molecule has 0 saturated heterocycles. The Hall–Kier alpha value is -3.87. The van der Waals surface area contributed by atoms with Crippen molar-refractivity contribution < 1.29 is 18.8 Å². The van der Waals surface area contributed by atoms with E-state index in [0.717, 1.165) is 42.4 Å². The Bertz CT molecular complexity index is 1170. The number of anilines is 1. The molecule has 1 heterocycles. The van der Waals surface area contributed by atoms with Gasteiger partial charge < -0.3 is 15.1 Å². The second kappa shape index (κ2) is 11.0. The van der Waals surface area contributed by atoms with Gasteiger partial charge >= 0.3 is 0 Å². The first-order valence-electron chi connectivity index (χ1n) is 12.0. The van der Waals surface area contributed by atoms with Crippen LogP contribution in [0.2, 0.25) is 0 Å². The minimum absolute atomic E-state index is 0.0997. The second-order valence-electron chi connectivity index (χ2n) is 9.01. The zero-order chi connectivity index (χ0) is 24.8. The van der Waals surface area contributed by atoms with E-state index in [1.54, 1.807) is 6.07 Å². The fourth-order valence-corrected chi connectivity index (χ4v) is 4.52. The van der Waals surface area contributed by atoms with Gasteiger partial charge in [0.05, 0.1) is 12.8 Å². The van der Waals surface area contributed by atoms with E-state index in [1.807, 2.05) is 62.4 Å². The van der Waals surface area contributed by atoms with E-state index in [-0.39, 0.29) is 24.3 Å². The first-order valence-corrected chi connectivity index (χ1v) is 12.0. The molecule has 2 N–H and O–H groups in total. The molecule has 3 amide bonds. The van der Waals surface area contributed by atoms with Gasteiger partial charge in [-0.05, 0) is 62.1 Å². The van der Waals surface area contributed by atoms with Gasteiger partial charge in [-0.3, -0.25) is 19.3 Å². The molecule has 182 valence electrons. The molecule has 1 aliphatic rings. The molecule has 0 radical (unpaired) electrons. The fourth-order valence-electron chi connectivity index (χ4n) is 4.52. The van der Waals surface area contributed by atoms with Gasteiger partial charge in [-0.25, -0.2) is 0 Å². The van der Waals surface area contributed by atoms with Crippen molar-refractivity contribution >= 4 is 23.4 Å². The van der Waals surface area contributed by atoms with Crippen LogP contribution < -0.4 is 15.5 Å². The van der Waals surface area contributed by atoms with Crippen LogP contribution in [0.4, 0.5) is 5.69 Å². The van der Waals surface area contributed by atoms with Gasteiger partial charge in [-0.1, -0.05) is 54.8 Å². The first kappa shape index (κ1) is 24.3. The lowest BCUT2D eigenvalue weighted by molar-refractivity contribution is -0.126. The summed E-state index contributed by atoms with van der Waals surface area (Å²) in [4.78, 5) is 41.3. The summed E-state index contributed by atoms with van der Waals surface area (Å²) in [6.45, 7) is 3.61. The highest BCUT2D eigenvalue weighted by Gasteiger charge is 2.35. The average molecular weight is 474 g/mol. The molecule has 0 bridgehead atoms. The van der Waals surface area contributed by atoms with Gasteiger partial charge in [0, 0.05) is 11.7 Å². The van der Waals surface area contributed by atoms with Crippen LogP contribution in [0.25, 0.3) is 0 Å². The monoisotopic (exact) mass is 473 g/mol. The normalized spacial score (nSPS) is 14.3. The van der Waals surface area contributed by atoms with Crippen molar-refractivity contribution in [3.8, 4) is 0 Å². The number of aryl methyl sites for hydroxylation is 2. The Balaban J connectivity index is 1.69. The van der Waals surface area contributed by atoms with Gasteiger partial charge in [0.15, 0.2) is 5.76 Å². The smallest absolute Gasteiger partial charge is 0.287 e. The van der Waals surface area contributed by atoms with Crippen LogP contribution in [0, 0.1) is 13.8 Å². The topological polar surface area (TPSA) is 91.7 Å². The van der Waals surface area contributed by atoms with E-state index < -0.39 is 17.9 Å². The molecular formula is C28H31N3O4. The minimum Gasteiger partial charge on any atom is -0.459 e. The van der Waals surface area contributed by atoms with Crippen LogP contribution >= 0.6 is 0 Å². The second-order valence-corrected chi connectivity index (χ2v) is 9.01. The molecule has 1 atom stereocenters. The summed E-state index contributed by atoms with van der Waals surface area (Å²) in [6, 6.07) is 17.4. The lowest BCUT2D eigenvalue weighted by Gasteiger charge is -2.33. The van der Waals surface area contributed by atoms with E-state index in [9.17, 15) is 14.4 Å². The molecule has 1 aromatic heterocycles. The quantitative estimate of drug-likeness (QED) is 0.505. The fraction of sp³-hybridized carbons (Fsp3) is 0.321. The molecule has 35 heavy (non-hydrogen) atoms. The summed E-state index contributed by atoms with van der Waals surface area (Å²) in [6.07, 6.45) is 5.43. The zero-order valence-electron chi connectivity index (χ0n) is 20.1. The Kier molecular flexibility index (Phi) is 7.65. The Morgan fingerprint density at radius 1 is 0.971 bits per heavy atom. The van der Waals surface area contributed by atoms with Crippen LogP contribution in [-0.4, -0.2) is 30.3 Å². The minimum atomic E-state index is -0.882. The summed E-state index contributed by atoms with van der Waals surface area (Å²) in [5.74, 6) is -0.995. The maximum Gasteiger partial charge on any atom is 0.287 e. The molecule has 0 spiro atoms. The Morgan fingerprint density at radius 3 is 2.34 bits per heavy atom.